The van der Waals surface area contributed by atoms with Gasteiger partial charge in [0.1, 0.15) is 23.1 Å². The predicted octanol–water partition coefficient (Wildman–Crippen LogP) is 2.61. The molecule has 0 unspecified atom stereocenters. The summed E-state index contributed by atoms with van der Waals surface area (Å²) in [5.41, 5.74) is 2.19. The van der Waals surface area contributed by atoms with Crippen molar-refractivity contribution >= 4 is 17.4 Å². The highest BCUT2D eigenvalue weighted by atomic mass is 16.5. The number of anilines is 2. The second kappa shape index (κ2) is 8.98. The number of carbonyl (C=O) groups excluding carboxylic acids is 1. The van der Waals surface area contributed by atoms with Gasteiger partial charge in [-0.15, -0.1) is 0 Å². The molecule has 0 aliphatic rings. The summed E-state index contributed by atoms with van der Waals surface area (Å²) in [4.78, 5) is 20.8. The molecule has 7 heteroatoms. The number of ether oxygens (including phenoxy) is 2. The number of benzene rings is 1. The number of aryl methyl sites for hydroxylation is 2. The smallest absolute Gasteiger partial charge is 0.270 e. The van der Waals surface area contributed by atoms with Crippen molar-refractivity contribution in [2.75, 3.05) is 32.7 Å². The molecule has 2 N–H and O–H groups in total. The van der Waals surface area contributed by atoms with Crippen molar-refractivity contribution in [1.82, 2.24) is 15.3 Å². The molecular formula is C18H24N4O3. The number of hydrogen-bond acceptors (Lipinski definition) is 6. The van der Waals surface area contributed by atoms with Crippen LogP contribution >= 0.6 is 0 Å². The van der Waals surface area contributed by atoms with Crippen molar-refractivity contribution in [2.45, 2.75) is 20.3 Å². The van der Waals surface area contributed by atoms with E-state index in [1.54, 1.807) is 27.2 Å². The number of carbonyl (C=O) groups is 1. The molecule has 0 aliphatic carbocycles. The van der Waals surface area contributed by atoms with E-state index in [2.05, 4.69) is 20.6 Å². The fraction of sp³-hybridized carbons (Fsp3) is 0.389. The van der Waals surface area contributed by atoms with Gasteiger partial charge in [-0.25, -0.2) is 9.97 Å². The fourth-order valence-electron chi connectivity index (χ4n) is 2.31. The first kappa shape index (κ1) is 18.7. The Morgan fingerprint density at radius 2 is 1.96 bits per heavy atom. The second-order valence-corrected chi connectivity index (χ2v) is 5.62. The molecule has 25 heavy (non-hydrogen) atoms. The molecule has 1 aromatic carbocycles. The van der Waals surface area contributed by atoms with Gasteiger partial charge in [0.15, 0.2) is 0 Å². The molecule has 0 radical (unpaired) electrons. The zero-order valence-electron chi connectivity index (χ0n) is 15.0. The van der Waals surface area contributed by atoms with E-state index >= 15 is 0 Å². The quantitative estimate of drug-likeness (QED) is 0.716. The summed E-state index contributed by atoms with van der Waals surface area (Å²) in [7, 11) is 3.24. The lowest BCUT2D eigenvalue weighted by molar-refractivity contribution is 0.0943. The molecule has 0 saturated heterocycles. The number of nitrogens with zero attached hydrogens (tertiary/aromatic N) is 2. The summed E-state index contributed by atoms with van der Waals surface area (Å²) >= 11 is 0. The zero-order valence-corrected chi connectivity index (χ0v) is 15.0. The van der Waals surface area contributed by atoms with Gasteiger partial charge >= 0.3 is 0 Å². The molecule has 0 saturated carbocycles. The van der Waals surface area contributed by atoms with Crippen LogP contribution in [-0.4, -0.2) is 43.2 Å². The summed E-state index contributed by atoms with van der Waals surface area (Å²) in [6.45, 7) is 4.88. The topological polar surface area (TPSA) is 85.4 Å². The van der Waals surface area contributed by atoms with Gasteiger partial charge in [0, 0.05) is 26.3 Å². The van der Waals surface area contributed by atoms with Crippen molar-refractivity contribution in [1.29, 1.82) is 0 Å². The second-order valence-electron chi connectivity index (χ2n) is 5.62. The van der Waals surface area contributed by atoms with E-state index in [9.17, 15) is 4.79 Å². The van der Waals surface area contributed by atoms with Crippen LogP contribution in [0.2, 0.25) is 0 Å². The van der Waals surface area contributed by atoms with Crippen LogP contribution in [0.25, 0.3) is 0 Å². The van der Waals surface area contributed by atoms with E-state index in [0.717, 1.165) is 17.7 Å². The Morgan fingerprint density at radius 3 is 2.68 bits per heavy atom. The Balaban J connectivity index is 2.16. The van der Waals surface area contributed by atoms with Crippen LogP contribution in [0.1, 0.15) is 28.3 Å². The maximum Gasteiger partial charge on any atom is 0.270 e. The van der Waals surface area contributed by atoms with Gasteiger partial charge in [-0.2, -0.15) is 0 Å². The molecule has 2 aromatic rings. The SMILES string of the molecule is COCCCNC(=O)c1cc(Nc2cc(C)ccc2OC)nc(C)n1. The third kappa shape index (κ3) is 5.42. The first-order chi connectivity index (χ1) is 12.0. The van der Waals surface area contributed by atoms with E-state index < -0.39 is 0 Å². The van der Waals surface area contributed by atoms with Crippen LogP contribution in [0.3, 0.4) is 0 Å². The standard InChI is InChI=1S/C18H24N4O3/c1-12-6-7-16(25-4)14(10-12)22-17-11-15(20-13(2)21-17)18(23)19-8-5-9-24-3/h6-7,10-11H,5,8-9H2,1-4H3,(H,19,23)(H,20,21,22). The fourth-order valence-corrected chi connectivity index (χ4v) is 2.31. The zero-order chi connectivity index (χ0) is 18.2. The Labute approximate surface area is 147 Å². The first-order valence-electron chi connectivity index (χ1n) is 8.08. The lowest BCUT2D eigenvalue weighted by Gasteiger charge is -2.12. The number of nitrogens with one attached hydrogen (secondary N) is 2. The number of aromatic nitrogens is 2. The summed E-state index contributed by atoms with van der Waals surface area (Å²) in [6.07, 6.45) is 0.748. The first-order valence-corrected chi connectivity index (χ1v) is 8.08. The van der Waals surface area contributed by atoms with Gasteiger partial charge in [-0.1, -0.05) is 6.07 Å². The van der Waals surface area contributed by atoms with Gasteiger partial charge in [-0.05, 0) is 38.0 Å². The van der Waals surface area contributed by atoms with E-state index in [-0.39, 0.29) is 5.91 Å². The van der Waals surface area contributed by atoms with Crippen molar-refractivity contribution in [3.05, 3.63) is 41.3 Å². The third-order valence-electron chi connectivity index (χ3n) is 3.50. The molecule has 134 valence electrons. The number of methoxy groups -OCH3 is 2. The number of rotatable bonds is 8. The highest BCUT2D eigenvalue weighted by Crippen LogP contribution is 2.28. The molecule has 2 rings (SSSR count). The molecule has 0 fully saturated rings. The molecule has 0 bridgehead atoms. The molecule has 1 heterocycles. The number of amides is 1. The van der Waals surface area contributed by atoms with E-state index in [1.165, 1.54) is 0 Å². The van der Waals surface area contributed by atoms with Crippen LogP contribution < -0.4 is 15.4 Å². The lowest BCUT2D eigenvalue weighted by Crippen LogP contribution is -2.26. The van der Waals surface area contributed by atoms with Gasteiger partial charge in [0.2, 0.25) is 0 Å². The van der Waals surface area contributed by atoms with Crippen molar-refractivity contribution in [3.63, 3.8) is 0 Å². The van der Waals surface area contributed by atoms with Crippen LogP contribution in [0, 0.1) is 13.8 Å². The Bertz CT molecular complexity index is 734. The summed E-state index contributed by atoms with van der Waals surface area (Å²) in [5, 5.41) is 6.02. The van der Waals surface area contributed by atoms with Crippen LogP contribution in [0.4, 0.5) is 11.5 Å². The van der Waals surface area contributed by atoms with Crippen molar-refractivity contribution < 1.29 is 14.3 Å². The monoisotopic (exact) mass is 344 g/mol. The highest BCUT2D eigenvalue weighted by molar-refractivity contribution is 5.93. The third-order valence-corrected chi connectivity index (χ3v) is 3.50. The molecule has 1 amide bonds. The van der Waals surface area contributed by atoms with E-state index in [4.69, 9.17) is 9.47 Å². The average Bonchev–Trinajstić information content (AvgIpc) is 2.58. The molecule has 7 nitrogen and oxygen atoms in total. The molecule has 0 aliphatic heterocycles. The number of hydrogen-bond donors (Lipinski definition) is 2. The summed E-state index contributed by atoms with van der Waals surface area (Å²) in [5.74, 6) is 1.52. The van der Waals surface area contributed by atoms with Gasteiger partial charge in [-0.3, -0.25) is 4.79 Å². The Kier molecular flexibility index (Phi) is 6.71. The largest absolute Gasteiger partial charge is 0.495 e. The minimum absolute atomic E-state index is 0.235. The van der Waals surface area contributed by atoms with Crippen LogP contribution in [-0.2, 0) is 4.74 Å². The van der Waals surface area contributed by atoms with E-state index in [1.807, 2.05) is 25.1 Å². The summed E-state index contributed by atoms with van der Waals surface area (Å²) < 4.78 is 10.3. The summed E-state index contributed by atoms with van der Waals surface area (Å²) in [6, 6.07) is 7.43. The Morgan fingerprint density at radius 1 is 1.16 bits per heavy atom. The average molecular weight is 344 g/mol. The van der Waals surface area contributed by atoms with Crippen LogP contribution in [0.15, 0.2) is 24.3 Å². The molecule has 0 spiro atoms. The van der Waals surface area contributed by atoms with Gasteiger partial charge in [0.05, 0.1) is 12.8 Å². The molecule has 1 aromatic heterocycles. The minimum Gasteiger partial charge on any atom is -0.495 e. The minimum atomic E-state index is -0.235. The van der Waals surface area contributed by atoms with Gasteiger partial charge in [0.25, 0.3) is 5.91 Å². The van der Waals surface area contributed by atoms with E-state index in [0.29, 0.717) is 36.2 Å². The normalized spacial score (nSPS) is 10.4. The molecular weight excluding hydrogens is 320 g/mol. The van der Waals surface area contributed by atoms with Gasteiger partial charge < -0.3 is 20.1 Å². The predicted molar refractivity (Wildman–Crippen MR) is 96.6 cm³/mol. The van der Waals surface area contributed by atoms with Crippen LogP contribution in [0.5, 0.6) is 5.75 Å². The Hall–Kier alpha value is -2.67. The maximum absolute atomic E-state index is 12.2. The maximum atomic E-state index is 12.2. The highest BCUT2D eigenvalue weighted by Gasteiger charge is 2.11. The lowest BCUT2D eigenvalue weighted by atomic mass is 10.2. The van der Waals surface area contributed by atoms with Crippen molar-refractivity contribution in [2.24, 2.45) is 0 Å². The van der Waals surface area contributed by atoms with Crippen molar-refractivity contribution in [3.8, 4) is 5.75 Å². The molecule has 0 atom stereocenters.